The van der Waals surface area contributed by atoms with E-state index in [1.807, 2.05) is 18.8 Å². The van der Waals surface area contributed by atoms with Crippen LogP contribution in [-0.2, 0) is 6.54 Å². The normalized spacial score (nSPS) is 18.8. The van der Waals surface area contributed by atoms with Crippen LogP contribution in [-0.4, -0.2) is 46.5 Å². The van der Waals surface area contributed by atoms with Crippen LogP contribution in [0.15, 0.2) is 0 Å². The van der Waals surface area contributed by atoms with E-state index in [1.165, 1.54) is 33.8 Å². The van der Waals surface area contributed by atoms with Gasteiger partial charge in [0.2, 0.25) is 0 Å². The van der Waals surface area contributed by atoms with Gasteiger partial charge >= 0.3 is 0 Å². The maximum absolute atomic E-state index is 4.80. The van der Waals surface area contributed by atoms with Crippen molar-refractivity contribution in [3.05, 3.63) is 16.3 Å². The minimum absolute atomic E-state index is 0.666. The third-order valence-corrected chi connectivity index (χ3v) is 6.48. The summed E-state index contributed by atoms with van der Waals surface area (Å²) < 4.78 is 0. The van der Waals surface area contributed by atoms with Crippen molar-refractivity contribution >= 4 is 39.1 Å². The van der Waals surface area contributed by atoms with Gasteiger partial charge in [-0.25, -0.2) is 9.97 Å². The summed E-state index contributed by atoms with van der Waals surface area (Å²) in [5.74, 6) is 4.40. The zero-order valence-electron chi connectivity index (χ0n) is 13.1. The van der Waals surface area contributed by atoms with Gasteiger partial charge in [0.15, 0.2) is 0 Å². The summed E-state index contributed by atoms with van der Waals surface area (Å²) in [6.07, 6.45) is 1.28. The lowest BCUT2D eigenvalue weighted by molar-refractivity contribution is 0.249. The van der Waals surface area contributed by atoms with Crippen molar-refractivity contribution in [2.24, 2.45) is 0 Å². The van der Waals surface area contributed by atoms with Gasteiger partial charge in [-0.3, -0.25) is 4.90 Å². The Labute approximate surface area is 134 Å². The second-order valence-corrected chi connectivity index (χ2v) is 7.99. The SMILES string of the molecule is CNc1nc(CN(C)C2CCSC2)nc2sc(C)c(C)c12. The van der Waals surface area contributed by atoms with Crippen LogP contribution in [0.3, 0.4) is 0 Å². The molecule has 1 unspecified atom stereocenters. The van der Waals surface area contributed by atoms with Gasteiger partial charge < -0.3 is 5.32 Å². The van der Waals surface area contributed by atoms with Crippen molar-refractivity contribution in [1.29, 1.82) is 0 Å². The minimum Gasteiger partial charge on any atom is -0.372 e. The molecule has 1 aliphatic heterocycles. The largest absolute Gasteiger partial charge is 0.372 e. The fraction of sp³-hybridized carbons (Fsp3) is 0.600. The number of nitrogens with zero attached hydrogens (tertiary/aromatic N) is 3. The maximum Gasteiger partial charge on any atom is 0.146 e. The molecule has 6 heteroatoms. The highest BCUT2D eigenvalue weighted by atomic mass is 32.2. The molecule has 3 heterocycles. The number of anilines is 1. The van der Waals surface area contributed by atoms with Crippen LogP contribution in [0.1, 0.15) is 22.7 Å². The van der Waals surface area contributed by atoms with Crippen molar-refractivity contribution in [3.8, 4) is 0 Å². The number of hydrogen-bond donors (Lipinski definition) is 1. The fourth-order valence-electron chi connectivity index (χ4n) is 2.77. The molecule has 1 N–H and O–H groups in total. The predicted molar refractivity (Wildman–Crippen MR) is 93.6 cm³/mol. The highest BCUT2D eigenvalue weighted by molar-refractivity contribution is 7.99. The average molecular weight is 323 g/mol. The minimum atomic E-state index is 0.666. The molecule has 1 aliphatic rings. The molecule has 0 aliphatic carbocycles. The molecule has 114 valence electrons. The molecule has 2 aromatic rings. The van der Waals surface area contributed by atoms with Crippen LogP contribution >= 0.6 is 23.1 Å². The maximum atomic E-state index is 4.80. The number of thioether (sulfide) groups is 1. The molecule has 4 nitrogen and oxygen atoms in total. The standard InChI is InChI=1S/C15H22N4S2/c1-9-10(2)21-15-13(9)14(16-3)17-12(18-15)7-19(4)11-5-6-20-8-11/h11H,5-8H2,1-4H3,(H,16,17,18). The smallest absolute Gasteiger partial charge is 0.146 e. The second-order valence-electron chi connectivity index (χ2n) is 5.63. The van der Waals surface area contributed by atoms with Crippen LogP contribution in [0.4, 0.5) is 5.82 Å². The van der Waals surface area contributed by atoms with E-state index in [4.69, 9.17) is 9.97 Å². The van der Waals surface area contributed by atoms with E-state index in [-0.39, 0.29) is 0 Å². The Kier molecular flexibility index (Phi) is 4.38. The highest BCUT2D eigenvalue weighted by Crippen LogP contribution is 2.33. The first-order chi connectivity index (χ1) is 10.1. The van der Waals surface area contributed by atoms with Crippen LogP contribution in [0.2, 0.25) is 0 Å². The summed E-state index contributed by atoms with van der Waals surface area (Å²) in [5, 5.41) is 4.42. The molecule has 2 aromatic heterocycles. The van der Waals surface area contributed by atoms with Crippen LogP contribution in [0.25, 0.3) is 10.2 Å². The van der Waals surface area contributed by atoms with Gasteiger partial charge in [0, 0.05) is 23.7 Å². The van der Waals surface area contributed by atoms with E-state index < -0.39 is 0 Å². The summed E-state index contributed by atoms with van der Waals surface area (Å²) in [6.45, 7) is 5.13. The number of thiophene rings is 1. The molecule has 0 radical (unpaired) electrons. The van der Waals surface area contributed by atoms with E-state index in [1.54, 1.807) is 11.3 Å². The van der Waals surface area contributed by atoms with Gasteiger partial charge in [0.25, 0.3) is 0 Å². The van der Waals surface area contributed by atoms with Crippen molar-refractivity contribution in [2.75, 3.05) is 30.9 Å². The van der Waals surface area contributed by atoms with Gasteiger partial charge in [-0.2, -0.15) is 11.8 Å². The quantitative estimate of drug-likeness (QED) is 0.935. The lowest BCUT2D eigenvalue weighted by Crippen LogP contribution is -2.31. The van der Waals surface area contributed by atoms with E-state index in [0.717, 1.165) is 23.0 Å². The van der Waals surface area contributed by atoms with Crippen molar-refractivity contribution in [1.82, 2.24) is 14.9 Å². The molecule has 0 spiro atoms. The van der Waals surface area contributed by atoms with Crippen molar-refractivity contribution in [3.63, 3.8) is 0 Å². The molecular weight excluding hydrogens is 300 g/mol. The summed E-state index contributed by atoms with van der Waals surface area (Å²) in [5.41, 5.74) is 1.30. The topological polar surface area (TPSA) is 41.1 Å². The Hall–Kier alpha value is -0.850. The molecule has 1 saturated heterocycles. The van der Waals surface area contributed by atoms with Crippen molar-refractivity contribution in [2.45, 2.75) is 32.9 Å². The van der Waals surface area contributed by atoms with Crippen LogP contribution < -0.4 is 5.32 Å². The highest BCUT2D eigenvalue weighted by Gasteiger charge is 2.21. The summed E-state index contributed by atoms with van der Waals surface area (Å²) in [4.78, 5) is 14.4. The first kappa shape index (κ1) is 15.1. The van der Waals surface area contributed by atoms with Crippen LogP contribution in [0.5, 0.6) is 0 Å². The van der Waals surface area contributed by atoms with Gasteiger partial charge in [0.05, 0.1) is 11.9 Å². The molecule has 1 atom stereocenters. The predicted octanol–water partition coefficient (Wildman–Crippen LogP) is 3.29. The number of fused-ring (bicyclic) bond motifs is 1. The van der Waals surface area contributed by atoms with E-state index in [0.29, 0.717) is 6.04 Å². The monoisotopic (exact) mass is 322 g/mol. The molecule has 1 fully saturated rings. The van der Waals surface area contributed by atoms with Gasteiger partial charge in [0.1, 0.15) is 16.5 Å². The Bertz CT molecular complexity index is 647. The number of aryl methyl sites for hydroxylation is 2. The number of aromatic nitrogens is 2. The molecular formula is C15H22N4S2. The Morgan fingerprint density at radius 1 is 1.33 bits per heavy atom. The third kappa shape index (κ3) is 2.89. The lowest BCUT2D eigenvalue weighted by Gasteiger charge is -2.22. The number of hydrogen-bond acceptors (Lipinski definition) is 6. The number of rotatable bonds is 4. The zero-order valence-corrected chi connectivity index (χ0v) is 14.7. The summed E-state index contributed by atoms with van der Waals surface area (Å²) in [6, 6.07) is 0.666. The number of nitrogens with one attached hydrogen (secondary N) is 1. The Morgan fingerprint density at radius 3 is 2.81 bits per heavy atom. The van der Waals surface area contributed by atoms with E-state index in [2.05, 4.69) is 31.1 Å². The first-order valence-corrected chi connectivity index (χ1v) is 9.29. The second kappa shape index (κ2) is 6.10. The first-order valence-electron chi connectivity index (χ1n) is 7.32. The van der Waals surface area contributed by atoms with E-state index >= 15 is 0 Å². The summed E-state index contributed by atoms with van der Waals surface area (Å²) >= 11 is 3.81. The van der Waals surface area contributed by atoms with Gasteiger partial charge in [-0.1, -0.05) is 0 Å². The zero-order chi connectivity index (χ0) is 15.0. The Morgan fingerprint density at radius 2 is 2.14 bits per heavy atom. The van der Waals surface area contributed by atoms with Gasteiger partial charge in [-0.15, -0.1) is 11.3 Å². The lowest BCUT2D eigenvalue weighted by atomic mass is 10.2. The molecule has 0 saturated carbocycles. The fourth-order valence-corrected chi connectivity index (χ4v) is 5.11. The average Bonchev–Trinajstić information content (AvgIpc) is 3.08. The van der Waals surface area contributed by atoms with Crippen LogP contribution in [0, 0.1) is 13.8 Å². The molecule has 3 rings (SSSR count). The Balaban J connectivity index is 1.92. The molecule has 21 heavy (non-hydrogen) atoms. The van der Waals surface area contributed by atoms with E-state index in [9.17, 15) is 0 Å². The van der Waals surface area contributed by atoms with Gasteiger partial charge in [-0.05, 0) is 38.6 Å². The molecule has 0 bridgehead atoms. The molecule has 0 amide bonds. The summed E-state index contributed by atoms with van der Waals surface area (Å²) in [7, 11) is 4.13. The molecule has 0 aromatic carbocycles. The third-order valence-electron chi connectivity index (χ3n) is 4.23. The van der Waals surface area contributed by atoms with Crippen molar-refractivity contribution < 1.29 is 0 Å².